The molecule has 8 heteroatoms. The molecule has 4 heterocycles. The van der Waals surface area contributed by atoms with Gasteiger partial charge in [-0.1, -0.05) is 12.1 Å². The van der Waals surface area contributed by atoms with Gasteiger partial charge in [0, 0.05) is 19.1 Å². The minimum absolute atomic E-state index is 0.0257. The van der Waals surface area contributed by atoms with Crippen LogP contribution in [0.5, 0.6) is 0 Å². The predicted molar refractivity (Wildman–Crippen MR) is 98.6 cm³/mol. The molecule has 1 aromatic carbocycles. The summed E-state index contributed by atoms with van der Waals surface area (Å²) in [5.74, 6) is 1.61. The third kappa shape index (κ3) is 2.37. The Labute approximate surface area is 149 Å². The first kappa shape index (κ1) is 15.1. The Morgan fingerprint density at radius 3 is 2.73 bits per heavy atom. The molecule has 1 N–H and O–H groups in total. The van der Waals surface area contributed by atoms with E-state index >= 15 is 0 Å². The van der Waals surface area contributed by atoms with E-state index in [4.69, 9.17) is 0 Å². The normalized spacial score (nSPS) is 16.0. The third-order valence-corrected chi connectivity index (χ3v) is 5.08. The lowest BCUT2D eigenvalue weighted by molar-refractivity contribution is 0.394. The monoisotopic (exact) mass is 349 g/mol. The van der Waals surface area contributed by atoms with Crippen LogP contribution in [-0.2, 0) is 0 Å². The van der Waals surface area contributed by atoms with Crippen LogP contribution in [0, 0.1) is 6.92 Å². The summed E-state index contributed by atoms with van der Waals surface area (Å²) < 4.78 is 3.49. The van der Waals surface area contributed by atoms with Gasteiger partial charge >= 0.3 is 5.69 Å². The van der Waals surface area contributed by atoms with Crippen LogP contribution in [0.3, 0.4) is 0 Å². The molecule has 26 heavy (non-hydrogen) atoms. The number of nitrogens with one attached hydrogen (secondary N) is 1. The number of para-hydroxylation sites is 2. The number of piperidine rings is 1. The molecule has 4 aromatic rings. The highest BCUT2D eigenvalue weighted by Crippen LogP contribution is 2.27. The number of fused-ring (bicyclic) bond motifs is 2. The van der Waals surface area contributed by atoms with E-state index in [0.29, 0.717) is 5.82 Å². The molecule has 0 saturated carbocycles. The fourth-order valence-corrected chi connectivity index (χ4v) is 3.84. The van der Waals surface area contributed by atoms with E-state index in [2.05, 4.69) is 25.1 Å². The summed E-state index contributed by atoms with van der Waals surface area (Å²) in [5, 5.41) is 8.86. The van der Waals surface area contributed by atoms with Crippen molar-refractivity contribution in [2.24, 2.45) is 0 Å². The number of H-pyrrole nitrogens is 1. The number of imidazole rings is 1. The molecule has 1 aliphatic rings. The van der Waals surface area contributed by atoms with Gasteiger partial charge in [-0.2, -0.15) is 0 Å². The van der Waals surface area contributed by atoms with Gasteiger partial charge in [0.2, 0.25) is 0 Å². The van der Waals surface area contributed by atoms with Crippen LogP contribution < -0.4 is 10.6 Å². The minimum Gasteiger partial charge on any atom is -0.355 e. The maximum Gasteiger partial charge on any atom is 0.326 e. The maximum atomic E-state index is 12.4. The quantitative estimate of drug-likeness (QED) is 0.598. The van der Waals surface area contributed by atoms with Gasteiger partial charge in [0.25, 0.3) is 0 Å². The zero-order chi connectivity index (χ0) is 17.7. The molecule has 0 spiro atoms. The third-order valence-electron chi connectivity index (χ3n) is 5.08. The molecule has 132 valence electrons. The molecule has 1 aliphatic heterocycles. The number of hydrogen-bond acceptors (Lipinski definition) is 5. The van der Waals surface area contributed by atoms with Crippen LogP contribution >= 0.6 is 0 Å². The lowest BCUT2D eigenvalue weighted by Gasteiger charge is -2.33. The van der Waals surface area contributed by atoms with Crippen molar-refractivity contribution in [2.75, 3.05) is 18.0 Å². The van der Waals surface area contributed by atoms with E-state index in [9.17, 15) is 4.79 Å². The average Bonchev–Trinajstić information content (AvgIpc) is 3.19. The highest BCUT2D eigenvalue weighted by atomic mass is 16.1. The van der Waals surface area contributed by atoms with Crippen molar-refractivity contribution in [3.05, 3.63) is 52.7 Å². The topological polar surface area (TPSA) is 84.1 Å². The Bertz CT molecular complexity index is 1150. The van der Waals surface area contributed by atoms with Crippen molar-refractivity contribution < 1.29 is 0 Å². The molecular formula is C18H19N7O. The van der Waals surface area contributed by atoms with E-state index in [1.54, 1.807) is 4.63 Å². The molecule has 0 unspecified atom stereocenters. The maximum absolute atomic E-state index is 12.4. The lowest BCUT2D eigenvalue weighted by atomic mass is 10.0. The van der Waals surface area contributed by atoms with Crippen LogP contribution in [0.1, 0.15) is 24.7 Å². The SMILES string of the molecule is Cc1nc2ccc(N3CCC(n4c(=O)[nH]c5ccccc54)CC3)nn2n1. The number of hydrogen-bond donors (Lipinski definition) is 1. The fourth-order valence-electron chi connectivity index (χ4n) is 3.84. The number of aryl methyl sites for hydroxylation is 1. The Morgan fingerprint density at radius 1 is 1.08 bits per heavy atom. The second kappa shape index (κ2) is 5.69. The highest BCUT2D eigenvalue weighted by molar-refractivity contribution is 5.75. The largest absolute Gasteiger partial charge is 0.355 e. The number of nitrogens with zero attached hydrogens (tertiary/aromatic N) is 6. The number of aromatic amines is 1. The van der Waals surface area contributed by atoms with Crippen LogP contribution in [0.4, 0.5) is 5.82 Å². The van der Waals surface area contributed by atoms with Gasteiger partial charge in [0.15, 0.2) is 11.5 Å². The summed E-state index contributed by atoms with van der Waals surface area (Å²) in [6.07, 6.45) is 1.80. The molecule has 0 radical (unpaired) electrons. The van der Waals surface area contributed by atoms with Crippen LogP contribution in [-0.4, -0.2) is 42.5 Å². The molecular weight excluding hydrogens is 330 g/mol. The zero-order valence-corrected chi connectivity index (χ0v) is 14.5. The Hall–Kier alpha value is -3.16. The minimum atomic E-state index is -0.0257. The van der Waals surface area contributed by atoms with Gasteiger partial charge in [-0.05, 0) is 44.0 Å². The molecule has 0 atom stereocenters. The van der Waals surface area contributed by atoms with Crippen molar-refractivity contribution in [1.82, 2.24) is 29.4 Å². The number of aromatic nitrogens is 6. The van der Waals surface area contributed by atoms with Crippen LogP contribution in [0.2, 0.25) is 0 Å². The van der Waals surface area contributed by atoms with Gasteiger partial charge < -0.3 is 9.88 Å². The van der Waals surface area contributed by atoms with Gasteiger partial charge in [-0.25, -0.2) is 9.78 Å². The van der Waals surface area contributed by atoms with E-state index in [0.717, 1.165) is 48.4 Å². The van der Waals surface area contributed by atoms with E-state index < -0.39 is 0 Å². The molecule has 8 nitrogen and oxygen atoms in total. The van der Waals surface area contributed by atoms with Crippen molar-refractivity contribution in [3.63, 3.8) is 0 Å². The first-order valence-electron chi connectivity index (χ1n) is 8.84. The van der Waals surface area contributed by atoms with E-state index in [1.807, 2.05) is 47.9 Å². The van der Waals surface area contributed by atoms with E-state index in [-0.39, 0.29) is 11.7 Å². The summed E-state index contributed by atoms with van der Waals surface area (Å²) in [6, 6.07) is 12.0. The Balaban J connectivity index is 1.39. The fraction of sp³-hybridized carbons (Fsp3) is 0.333. The van der Waals surface area contributed by atoms with Gasteiger partial charge in [0.1, 0.15) is 5.82 Å². The molecule has 0 aliphatic carbocycles. The molecule has 0 bridgehead atoms. The number of benzene rings is 1. The van der Waals surface area contributed by atoms with Gasteiger partial charge in [0.05, 0.1) is 11.0 Å². The van der Waals surface area contributed by atoms with Crippen LogP contribution in [0.25, 0.3) is 16.7 Å². The molecule has 3 aromatic heterocycles. The highest BCUT2D eigenvalue weighted by Gasteiger charge is 2.24. The van der Waals surface area contributed by atoms with Crippen LogP contribution in [0.15, 0.2) is 41.2 Å². The molecule has 5 rings (SSSR count). The second-order valence-corrected chi connectivity index (χ2v) is 6.73. The number of anilines is 1. The van der Waals surface area contributed by atoms with Gasteiger partial charge in [-0.15, -0.1) is 14.8 Å². The van der Waals surface area contributed by atoms with Crippen molar-refractivity contribution in [3.8, 4) is 0 Å². The summed E-state index contributed by atoms with van der Waals surface area (Å²) in [7, 11) is 0. The Kier molecular flexibility index (Phi) is 3.31. The summed E-state index contributed by atoms with van der Waals surface area (Å²) in [6.45, 7) is 3.56. The molecule has 1 saturated heterocycles. The standard InChI is InChI=1S/C18H19N7O/c1-12-19-16-6-7-17(22-25(16)21-12)23-10-8-13(9-11-23)24-15-5-3-2-4-14(15)20-18(24)26/h2-7,13H,8-11H2,1H3,(H,20,26). The summed E-state index contributed by atoms with van der Waals surface area (Å²) in [5.41, 5.74) is 2.61. The summed E-state index contributed by atoms with van der Waals surface area (Å²) >= 11 is 0. The van der Waals surface area contributed by atoms with Crippen molar-refractivity contribution in [1.29, 1.82) is 0 Å². The molecule has 0 amide bonds. The van der Waals surface area contributed by atoms with Crippen molar-refractivity contribution >= 4 is 22.5 Å². The van der Waals surface area contributed by atoms with E-state index in [1.165, 1.54) is 0 Å². The first-order valence-corrected chi connectivity index (χ1v) is 8.84. The van der Waals surface area contributed by atoms with Crippen molar-refractivity contribution in [2.45, 2.75) is 25.8 Å². The molecule has 1 fully saturated rings. The van der Waals surface area contributed by atoms with Gasteiger partial charge in [-0.3, -0.25) is 4.57 Å². The predicted octanol–water partition coefficient (Wildman–Crippen LogP) is 1.92. The smallest absolute Gasteiger partial charge is 0.326 e. The lowest BCUT2D eigenvalue weighted by Crippen LogP contribution is -2.37. The summed E-state index contributed by atoms with van der Waals surface area (Å²) in [4.78, 5) is 21.9. The average molecular weight is 349 g/mol. The number of rotatable bonds is 2. The first-order chi connectivity index (χ1) is 12.7. The zero-order valence-electron chi connectivity index (χ0n) is 14.5. The Morgan fingerprint density at radius 2 is 1.88 bits per heavy atom. The second-order valence-electron chi connectivity index (χ2n) is 6.73.